The predicted octanol–water partition coefficient (Wildman–Crippen LogP) is 11.2. The summed E-state index contributed by atoms with van der Waals surface area (Å²) < 4.78 is 0. The minimum atomic E-state index is -0.320. The third kappa shape index (κ3) is 17.1. The van der Waals surface area contributed by atoms with E-state index in [0.717, 1.165) is 31.3 Å². The summed E-state index contributed by atoms with van der Waals surface area (Å²) in [6.45, 7) is 25.3. The summed E-state index contributed by atoms with van der Waals surface area (Å²) in [6.07, 6.45) is 33.2. The van der Waals surface area contributed by atoms with Crippen LogP contribution in [0.3, 0.4) is 0 Å². The zero-order valence-corrected chi connectivity index (χ0v) is 28.9. The fourth-order valence-electron chi connectivity index (χ4n) is 5.49. The molecule has 1 aliphatic rings. The van der Waals surface area contributed by atoms with E-state index in [1.54, 1.807) is 0 Å². The Labute approximate surface area is 264 Å². The molecule has 43 heavy (non-hydrogen) atoms. The first-order chi connectivity index (χ1) is 20.0. The van der Waals surface area contributed by atoms with Crippen molar-refractivity contribution >= 4 is 0 Å². The Kier molecular flexibility index (Phi) is 16.5. The van der Waals surface area contributed by atoms with E-state index in [-0.39, 0.29) is 23.0 Å². The monoisotopic (exact) mass is 584 g/mol. The average Bonchev–Trinajstić information content (AvgIpc) is 2.84. The average molecular weight is 585 g/mol. The molecule has 0 aliphatic heterocycles. The zero-order valence-electron chi connectivity index (χ0n) is 28.9. The van der Waals surface area contributed by atoms with E-state index in [2.05, 4.69) is 154 Å². The minimum Gasteiger partial charge on any atom is -0.393 e. The topological polar surface area (TPSA) is 40.5 Å². The van der Waals surface area contributed by atoms with Crippen molar-refractivity contribution in [2.24, 2.45) is 10.8 Å². The first-order valence-corrected chi connectivity index (χ1v) is 15.8. The van der Waals surface area contributed by atoms with Gasteiger partial charge in [0.15, 0.2) is 0 Å². The van der Waals surface area contributed by atoms with Crippen LogP contribution in [0.4, 0.5) is 0 Å². The van der Waals surface area contributed by atoms with Crippen LogP contribution in [0, 0.1) is 10.8 Å². The highest BCUT2D eigenvalue weighted by molar-refractivity contribution is 5.38. The number of hydrogen-bond donors (Lipinski definition) is 2. The molecule has 236 valence electrons. The SMILES string of the molecule is C=C(C)CC(O)CC(C)(C)C/C=C/C(C)=C/C=C/C(C)=C/C=C/C=C(C)/C=C/C=C(C)/C=C/C1=C(C)CC(O)CC1(C)C. The molecule has 2 nitrogen and oxygen atoms in total. The Balaban J connectivity index is 2.60. The standard InChI is InChI=1S/C41H60O2/c1-31(2)27-37(42)29-40(8,9)26-16-23-34(5)21-14-19-32(3)17-12-13-18-33(4)20-15-22-35(6)24-25-39-36(7)28-38(43)30-41(39,10)11/h12-25,37-38,42-43H,1,26-30H2,2-11H3/b13-12+,19-14+,20-15+,23-16+,25-24+,32-17+,33-18+,34-21+,35-22+. The molecule has 0 radical (unpaired) electrons. The van der Waals surface area contributed by atoms with Gasteiger partial charge in [-0.25, -0.2) is 0 Å². The molecule has 2 heteroatoms. The van der Waals surface area contributed by atoms with E-state index in [1.165, 1.54) is 33.4 Å². The van der Waals surface area contributed by atoms with Crippen molar-refractivity contribution in [2.45, 2.75) is 114 Å². The van der Waals surface area contributed by atoms with Gasteiger partial charge in [-0.1, -0.05) is 146 Å². The van der Waals surface area contributed by atoms with Crippen molar-refractivity contribution in [3.63, 3.8) is 0 Å². The number of aliphatic hydroxyl groups excluding tert-OH is 2. The summed E-state index contributed by atoms with van der Waals surface area (Å²) in [6, 6.07) is 0. The van der Waals surface area contributed by atoms with Crippen LogP contribution in [0.5, 0.6) is 0 Å². The molecule has 1 rings (SSSR count). The van der Waals surface area contributed by atoms with E-state index in [0.29, 0.717) is 6.42 Å². The maximum absolute atomic E-state index is 10.2. The lowest BCUT2D eigenvalue weighted by Crippen LogP contribution is -2.28. The fourth-order valence-corrected chi connectivity index (χ4v) is 5.49. The molecule has 0 heterocycles. The van der Waals surface area contributed by atoms with Crippen LogP contribution in [-0.4, -0.2) is 22.4 Å². The summed E-state index contributed by atoms with van der Waals surface area (Å²) in [5, 5.41) is 20.3. The van der Waals surface area contributed by atoms with Crippen molar-refractivity contribution in [1.82, 2.24) is 0 Å². The van der Waals surface area contributed by atoms with Gasteiger partial charge in [0.05, 0.1) is 12.2 Å². The molecule has 0 aromatic rings. The van der Waals surface area contributed by atoms with Crippen molar-refractivity contribution in [3.05, 3.63) is 131 Å². The summed E-state index contributed by atoms with van der Waals surface area (Å²) in [7, 11) is 0. The lowest BCUT2D eigenvalue weighted by molar-refractivity contribution is 0.115. The minimum absolute atomic E-state index is 0.00415. The van der Waals surface area contributed by atoms with Gasteiger partial charge in [0, 0.05) is 0 Å². The molecule has 2 unspecified atom stereocenters. The number of allylic oxidation sites excluding steroid dienone is 19. The van der Waals surface area contributed by atoms with E-state index in [9.17, 15) is 10.2 Å². The Hall–Kier alpha value is -2.94. The number of hydrogen-bond acceptors (Lipinski definition) is 2. The van der Waals surface area contributed by atoms with E-state index < -0.39 is 0 Å². The van der Waals surface area contributed by atoms with Crippen LogP contribution in [0.1, 0.15) is 101 Å². The van der Waals surface area contributed by atoms with Gasteiger partial charge in [-0.05, 0) is 90.0 Å². The lowest BCUT2D eigenvalue weighted by Gasteiger charge is -2.35. The molecule has 0 aromatic heterocycles. The molecular formula is C41H60O2. The van der Waals surface area contributed by atoms with Crippen molar-refractivity contribution in [3.8, 4) is 0 Å². The molecule has 2 N–H and O–H groups in total. The third-order valence-electron chi connectivity index (χ3n) is 7.68. The fraction of sp³-hybridized carbons (Fsp3) is 0.463. The summed E-state index contributed by atoms with van der Waals surface area (Å²) in [5.74, 6) is 0. The molecule has 0 saturated heterocycles. The van der Waals surface area contributed by atoms with Gasteiger partial charge in [-0.3, -0.25) is 0 Å². The van der Waals surface area contributed by atoms with Gasteiger partial charge in [0.1, 0.15) is 0 Å². The van der Waals surface area contributed by atoms with Gasteiger partial charge < -0.3 is 10.2 Å². The number of rotatable bonds is 15. The van der Waals surface area contributed by atoms with Gasteiger partial charge in [0.2, 0.25) is 0 Å². The largest absolute Gasteiger partial charge is 0.393 e. The summed E-state index contributed by atoms with van der Waals surface area (Å²) in [5.41, 5.74) is 8.49. The van der Waals surface area contributed by atoms with Crippen LogP contribution in [-0.2, 0) is 0 Å². The van der Waals surface area contributed by atoms with Crippen molar-refractivity contribution < 1.29 is 10.2 Å². The molecule has 0 aromatic carbocycles. The summed E-state index contributed by atoms with van der Waals surface area (Å²) in [4.78, 5) is 0. The van der Waals surface area contributed by atoms with Gasteiger partial charge in [0.25, 0.3) is 0 Å². The molecule has 2 atom stereocenters. The van der Waals surface area contributed by atoms with Gasteiger partial charge in [-0.2, -0.15) is 0 Å². The molecule has 0 bridgehead atoms. The number of aliphatic hydroxyl groups is 2. The quantitative estimate of drug-likeness (QED) is 0.148. The van der Waals surface area contributed by atoms with Crippen LogP contribution in [0.2, 0.25) is 0 Å². The third-order valence-corrected chi connectivity index (χ3v) is 7.68. The second-order valence-corrected chi connectivity index (χ2v) is 14.0. The predicted molar refractivity (Wildman–Crippen MR) is 191 cm³/mol. The van der Waals surface area contributed by atoms with Crippen molar-refractivity contribution in [2.75, 3.05) is 0 Å². The normalized spacial score (nSPS) is 20.6. The van der Waals surface area contributed by atoms with Crippen LogP contribution in [0.25, 0.3) is 0 Å². The smallest absolute Gasteiger partial charge is 0.0585 e. The van der Waals surface area contributed by atoms with E-state index in [4.69, 9.17) is 0 Å². The van der Waals surface area contributed by atoms with E-state index >= 15 is 0 Å². The van der Waals surface area contributed by atoms with Gasteiger partial charge in [-0.15, -0.1) is 6.58 Å². The molecule has 1 aliphatic carbocycles. The molecule has 0 spiro atoms. The Morgan fingerprint density at radius 1 is 0.860 bits per heavy atom. The Morgan fingerprint density at radius 3 is 1.86 bits per heavy atom. The zero-order chi connectivity index (χ0) is 32.6. The molecular weight excluding hydrogens is 524 g/mol. The van der Waals surface area contributed by atoms with Crippen LogP contribution < -0.4 is 0 Å². The molecule has 0 saturated carbocycles. The molecule has 0 fully saturated rings. The van der Waals surface area contributed by atoms with E-state index in [1.807, 2.05) is 6.92 Å². The first kappa shape index (κ1) is 38.1. The molecule has 0 amide bonds. The second-order valence-electron chi connectivity index (χ2n) is 14.0. The maximum Gasteiger partial charge on any atom is 0.0585 e. The highest BCUT2D eigenvalue weighted by atomic mass is 16.3. The second kappa shape index (κ2) is 18.7. The lowest BCUT2D eigenvalue weighted by atomic mass is 9.71. The van der Waals surface area contributed by atoms with Crippen LogP contribution in [0.15, 0.2) is 131 Å². The maximum atomic E-state index is 10.2. The van der Waals surface area contributed by atoms with Gasteiger partial charge >= 0.3 is 0 Å². The highest BCUT2D eigenvalue weighted by Crippen LogP contribution is 2.41. The van der Waals surface area contributed by atoms with Crippen molar-refractivity contribution in [1.29, 1.82) is 0 Å². The van der Waals surface area contributed by atoms with Crippen LogP contribution >= 0.6 is 0 Å². The Morgan fingerprint density at radius 2 is 1.35 bits per heavy atom. The summed E-state index contributed by atoms with van der Waals surface area (Å²) >= 11 is 0. The Bertz CT molecular complexity index is 1230. The highest BCUT2D eigenvalue weighted by Gasteiger charge is 2.31. The first-order valence-electron chi connectivity index (χ1n) is 15.8.